The van der Waals surface area contributed by atoms with Gasteiger partial charge < -0.3 is 15.0 Å². The molecule has 128 valence electrons. The number of carbonyl (C=O) groups is 1. The molecular weight excluding hydrogens is 345 g/mol. The third-order valence-electron chi connectivity index (χ3n) is 2.98. The zero-order chi connectivity index (χ0) is 17.9. The van der Waals surface area contributed by atoms with E-state index in [1.165, 1.54) is 11.0 Å². The molecule has 24 heavy (non-hydrogen) atoms. The molecule has 0 radical (unpaired) electrons. The van der Waals surface area contributed by atoms with Crippen LogP contribution in [0.2, 0.25) is 5.02 Å². The number of urea groups is 1. The van der Waals surface area contributed by atoms with Gasteiger partial charge in [0.15, 0.2) is 0 Å². The lowest BCUT2D eigenvalue weighted by molar-refractivity contribution is -0.137. The molecule has 0 aliphatic heterocycles. The minimum Gasteiger partial charge on any atom is -0.456 e. The fourth-order valence-corrected chi connectivity index (χ4v) is 1.98. The van der Waals surface area contributed by atoms with E-state index in [9.17, 15) is 18.0 Å². The standard InChI is InChI=1S/C16H14ClF3N2O2/c1-22(2)15(23)21-11-4-3-5-12(9-11)24-14-7-6-10(8-13(14)17)16(18,19)20/h3-9H,1-2H3,(H,21,23). The van der Waals surface area contributed by atoms with Crippen molar-refractivity contribution in [3.8, 4) is 11.5 Å². The van der Waals surface area contributed by atoms with Gasteiger partial charge in [0.2, 0.25) is 0 Å². The maximum absolute atomic E-state index is 12.6. The number of carbonyl (C=O) groups excluding carboxylic acids is 1. The SMILES string of the molecule is CN(C)C(=O)Nc1cccc(Oc2ccc(C(F)(F)F)cc2Cl)c1. The van der Waals surface area contributed by atoms with Gasteiger partial charge in [-0.1, -0.05) is 17.7 Å². The van der Waals surface area contributed by atoms with Crippen LogP contribution >= 0.6 is 11.6 Å². The molecule has 0 aliphatic carbocycles. The van der Waals surface area contributed by atoms with E-state index in [-0.39, 0.29) is 16.8 Å². The van der Waals surface area contributed by atoms with Crippen LogP contribution in [-0.2, 0) is 6.18 Å². The van der Waals surface area contributed by atoms with Gasteiger partial charge in [0.25, 0.3) is 0 Å². The van der Waals surface area contributed by atoms with Gasteiger partial charge >= 0.3 is 12.2 Å². The number of hydrogen-bond acceptors (Lipinski definition) is 2. The van der Waals surface area contributed by atoms with Gasteiger partial charge in [-0.25, -0.2) is 4.79 Å². The van der Waals surface area contributed by atoms with Crippen molar-refractivity contribution < 1.29 is 22.7 Å². The summed E-state index contributed by atoms with van der Waals surface area (Å²) in [6.07, 6.45) is -4.47. The van der Waals surface area contributed by atoms with Crippen LogP contribution in [0, 0.1) is 0 Å². The van der Waals surface area contributed by atoms with Crippen LogP contribution < -0.4 is 10.1 Å². The van der Waals surface area contributed by atoms with Gasteiger partial charge in [-0.2, -0.15) is 13.2 Å². The smallest absolute Gasteiger partial charge is 0.416 e. The Morgan fingerprint density at radius 3 is 2.46 bits per heavy atom. The summed E-state index contributed by atoms with van der Waals surface area (Å²) in [5.74, 6) is 0.411. The van der Waals surface area contributed by atoms with E-state index in [1.807, 2.05) is 0 Å². The Kier molecular flexibility index (Phi) is 5.23. The van der Waals surface area contributed by atoms with Gasteiger partial charge in [-0.05, 0) is 30.3 Å². The largest absolute Gasteiger partial charge is 0.456 e. The molecule has 2 amide bonds. The van der Waals surface area contributed by atoms with Crippen molar-refractivity contribution in [2.75, 3.05) is 19.4 Å². The first-order valence-electron chi connectivity index (χ1n) is 6.80. The molecule has 1 N–H and O–H groups in total. The topological polar surface area (TPSA) is 41.6 Å². The van der Waals surface area contributed by atoms with Gasteiger partial charge in [0.05, 0.1) is 10.6 Å². The number of amides is 2. The molecule has 0 aromatic heterocycles. The van der Waals surface area contributed by atoms with E-state index in [1.54, 1.807) is 32.3 Å². The molecular formula is C16H14ClF3N2O2. The highest BCUT2D eigenvalue weighted by atomic mass is 35.5. The number of anilines is 1. The van der Waals surface area contributed by atoms with E-state index in [2.05, 4.69) is 5.32 Å². The Hall–Kier alpha value is -2.41. The first-order chi connectivity index (χ1) is 11.2. The molecule has 0 saturated heterocycles. The maximum atomic E-state index is 12.6. The summed E-state index contributed by atoms with van der Waals surface area (Å²) in [7, 11) is 3.19. The van der Waals surface area contributed by atoms with Crippen LogP contribution in [0.3, 0.4) is 0 Å². The van der Waals surface area contributed by atoms with E-state index in [0.717, 1.165) is 18.2 Å². The van der Waals surface area contributed by atoms with E-state index < -0.39 is 11.7 Å². The van der Waals surface area contributed by atoms with Crippen LogP contribution in [0.15, 0.2) is 42.5 Å². The molecule has 0 heterocycles. The number of ether oxygens (including phenoxy) is 1. The second-order valence-corrected chi connectivity index (χ2v) is 5.50. The number of hydrogen-bond donors (Lipinski definition) is 1. The quantitative estimate of drug-likeness (QED) is 0.814. The number of nitrogens with one attached hydrogen (secondary N) is 1. The highest BCUT2D eigenvalue weighted by Gasteiger charge is 2.31. The zero-order valence-corrected chi connectivity index (χ0v) is 13.6. The first kappa shape index (κ1) is 17.9. The molecule has 2 aromatic rings. The summed E-state index contributed by atoms with van der Waals surface area (Å²) in [6, 6.07) is 8.94. The lowest BCUT2D eigenvalue weighted by atomic mass is 10.2. The zero-order valence-electron chi connectivity index (χ0n) is 12.8. The predicted molar refractivity (Wildman–Crippen MR) is 85.7 cm³/mol. The summed E-state index contributed by atoms with van der Waals surface area (Å²) in [6.45, 7) is 0. The van der Waals surface area contributed by atoms with Crippen LogP contribution in [0.5, 0.6) is 11.5 Å². The lowest BCUT2D eigenvalue weighted by Crippen LogP contribution is -2.27. The molecule has 0 aliphatic rings. The van der Waals surface area contributed by atoms with Crippen molar-refractivity contribution >= 4 is 23.3 Å². The van der Waals surface area contributed by atoms with Crippen molar-refractivity contribution in [2.45, 2.75) is 6.18 Å². The fourth-order valence-electron chi connectivity index (χ4n) is 1.76. The van der Waals surface area contributed by atoms with Crippen molar-refractivity contribution in [2.24, 2.45) is 0 Å². The number of nitrogens with zero attached hydrogens (tertiary/aromatic N) is 1. The number of benzene rings is 2. The monoisotopic (exact) mass is 358 g/mol. The molecule has 2 aromatic carbocycles. The predicted octanol–water partition coefficient (Wildman–Crippen LogP) is 5.24. The average molecular weight is 359 g/mol. The lowest BCUT2D eigenvalue weighted by Gasteiger charge is -2.14. The van der Waals surface area contributed by atoms with Crippen molar-refractivity contribution in [3.63, 3.8) is 0 Å². The first-order valence-corrected chi connectivity index (χ1v) is 7.17. The summed E-state index contributed by atoms with van der Waals surface area (Å²) in [5, 5.41) is 2.48. The fraction of sp³-hybridized carbons (Fsp3) is 0.188. The molecule has 0 fully saturated rings. The Morgan fingerprint density at radius 1 is 1.17 bits per heavy atom. The Bertz CT molecular complexity index is 748. The molecule has 0 bridgehead atoms. The molecule has 0 saturated carbocycles. The van der Waals surface area contributed by atoms with E-state index in [0.29, 0.717) is 11.4 Å². The number of halogens is 4. The Balaban J connectivity index is 2.18. The van der Waals surface area contributed by atoms with Crippen LogP contribution in [0.25, 0.3) is 0 Å². The Morgan fingerprint density at radius 2 is 1.88 bits per heavy atom. The van der Waals surface area contributed by atoms with Gasteiger partial charge in [0, 0.05) is 25.8 Å². The third-order valence-corrected chi connectivity index (χ3v) is 3.27. The maximum Gasteiger partial charge on any atom is 0.416 e. The van der Waals surface area contributed by atoms with Crippen LogP contribution in [0.4, 0.5) is 23.7 Å². The van der Waals surface area contributed by atoms with E-state index >= 15 is 0 Å². The number of alkyl halides is 3. The van der Waals surface area contributed by atoms with Crippen molar-refractivity contribution in [1.29, 1.82) is 0 Å². The van der Waals surface area contributed by atoms with Gasteiger partial charge in [0.1, 0.15) is 11.5 Å². The average Bonchev–Trinajstić information content (AvgIpc) is 2.48. The molecule has 4 nitrogen and oxygen atoms in total. The second-order valence-electron chi connectivity index (χ2n) is 5.10. The van der Waals surface area contributed by atoms with Crippen molar-refractivity contribution in [3.05, 3.63) is 53.1 Å². The van der Waals surface area contributed by atoms with E-state index in [4.69, 9.17) is 16.3 Å². The Labute approximate surface area is 141 Å². The van der Waals surface area contributed by atoms with Crippen molar-refractivity contribution in [1.82, 2.24) is 4.90 Å². The minimum atomic E-state index is -4.47. The highest BCUT2D eigenvalue weighted by Crippen LogP contribution is 2.36. The summed E-state index contributed by atoms with van der Waals surface area (Å²) >= 11 is 5.85. The minimum absolute atomic E-state index is 0.0840. The van der Waals surface area contributed by atoms with Gasteiger partial charge in [-0.15, -0.1) is 0 Å². The summed E-state index contributed by atoms with van der Waals surface area (Å²) in [4.78, 5) is 13.0. The highest BCUT2D eigenvalue weighted by molar-refractivity contribution is 6.32. The second kappa shape index (κ2) is 7.00. The molecule has 0 unspecified atom stereocenters. The third kappa shape index (κ3) is 4.55. The summed E-state index contributed by atoms with van der Waals surface area (Å²) in [5.41, 5.74) is -0.374. The number of rotatable bonds is 3. The van der Waals surface area contributed by atoms with Crippen LogP contribution in [-0.4, -0.2) is 25.0 Å². The molecule has 8 heteroatoms. The van der Waals surface area contributed by atoms with Crippen LogP contribution in [0.1, 0.15) is 5.56 Å². The van der Waals surface area contributed by atoms with Gasteiger partial charge in [-0.3, -0.25) is 0 Å². The molecule has 0 spiro atoms. The normalized spacial score (nSPS) is 11.1. The molecule has 2 rings (SSSR count). The molecule has 0 atom stereocenters. The summed E-state index contributed by atoms with van der Waals surface area (Å²) < 4.78 is 43.4.